The fourth-order valence-corrected chi connectivity index (χ4v) is 6.99. The number of hydrogen-bond donors (Lipinski definition) is 0. The molecule has 1 aliphatic heterocycles. The van der Waals surface area contributed by atoms with Gasteiger partial charge in [0.2, 0.25) is 0 Å². The van der Waals surface area contributed by atoms with Gasteiger partial charge < -0.3 is 19.5 Å². The van der Waals surface area contributed by atoms with Crippen molar-refractivity contribution in [1.29, 1.82) is 0 Å². The van der Waals surface area contributed by atoms with E-state index in [4.69, 9.17) is 39.5 Å². The summed E-state index contributed by atoms with van der Waals surface area (Å²) < 4.78 is 6.28. The highest BCUT2D eigenvalue weighted by atomic mass is 35.5. The molecule has 6 nitrogen and oxygen atoms in total. The van der Waals surface area contributed by atoms with Crippen LogP contribution in [0.5, 0.6) is 5.75 Å². The molecule has 0 fully saturated rings. The molecule has 3 aliphatic rings. The molecule has 0 N–H and O–H groups in total. The van der Waals surface area contributed by atoms with E-state index < -0.39 is 29.3 Å². The highest BCUT2D eigenvalue weighted by Gasteiger charge is 2.49. The molecular weight excluding hydrogens is 585 g/mol. The van der Waals surface area contributed by atoms with Crippen molar-refractivity contribution in [1.82, 2.24) is 4.90 Å². The molecule has 1 heterocycles. The molecule has 0 spiro atoms. The van der Waals surface area contributed by atoms with Crippen molar-refractivity contribution in [2.75, 3.05) is 6.54 Å². The van der Waals surface area contributed by atoms with Gasteiger partial charge in [0.15, 0.2) is 11.6 Å². The Morgan fingerprint density at radius 1 is 0.878 bits per heavy atom. The van der Waals surface area contributed by atoms with Gasteiger partial charge in [-0.2, -0.15) is 0 Å². The van der Waals surface area contributed by atoms with Crippen LogP contribution in [0.3, 0.4) is 0 Å². The zero-order valence-electron chi connectivity index (χ0n) is 23.4. The van der Waals surface area contributed by atoms with E-state index >= 15 is 0 Å². The number of rotatable bonds is 6. The number of benzene rings is 2. The van der Waals surface area contributed by atoms with Crippen LogP contribution >= 0.6 is 34.8 Å². The molecule has 0 radical (unpaired) electrons. The van der Waals surface area contributed by atoms with Crippen molar-refractivity contribution in [3.63, 3.8) is 0 Å². The van der Waals surface area contributed by atoms with Crippen molar-refractivity contribution in [2.45, 2.75) is 65.9 Å². The van der Waals surface area contributed by atoms with Crippen LogP contribution in [-0.2, 0) is 21.0 Å². The molecule has 0 saturated carbocycles. The zero-order valence-corrected chi connectivity index (χ0v) is 25.7. The monoisotopic (exact) mass is 614 g/mol. The molecule has 5 rings (SSSR count). The number of carboxylic acid groups (broad SMARTS) is 1. The van der Waals surface area contributed by atoms with E-state index in [9.17, 15) is 19.5 Å². The third-order valence-electron chi connectivity index (χ3n) is 7.99. The van der Waals surface area contributed by atoms with Gasteiger partial charge in [0.05, 0.1) is 12.5 Å². The maximum Gasteiger partial charge on any atom is 0.162 e. The number of allylic oxidation sites excluding steroid dienone is 4. The molecule has 216 valence electrons. The molecule has 41 heavy (non-hydrogen) atoms. The predicted octanol–water partition coefficient (Wildman–Crippen LogP) is 6.66. The van der Waals surface area contributed by atoms with E-state index in [1.165, 1.54) is 0 Å². The highest BCUT2D eigenvalue weighted by Crippen LogP contribution is 2.55. The Balaban J connectivity index is 1.71. The Bertz CT molecular complexity index is 1480. The molecule has 9 heteroatoms. The minimum absolute atomic E-state index is 0.119. The lowest BCUT2D eigenvalue weighted by atomic mass is 9.63. The van der Waals surface area contributed by atoms with Crippen molar-refractivity contribution >= 4 is 52.3 Å². The molecule has 0 amide bonds. The van der Waals surface area contributed by atoms with Crippen LogP contribution in [0.25, 0.3) is 0 Å². The first-order chi connectivity index (χ1) is 19.2. The highest BCUT2D eigenvalue weighted by molar-refractivity contribution is 6.35. The average Bonchev–Trinajstić information content (AvgIpc) is 2.83. The lowest BCUT2D eigenvalue weighted by molar-refractivity contribution is -0.305. The van der Waals surface area contributed by atoms with Gasteiger partial charge in [-0.25, -0.2) is 0 Å². The van der Waals surface area contributed by atoms with Gasteiger partial charge in [-0.05, 0) is 54.0 Å². The normalized spacial score (nSPS) is 20.2. The van der Waals surface area contributed by atoms with Crippen LogP contribution in [0, 0.1) is 10.8 Å². The number of hydrogen-bond acceptors (Lipinski definition) is 6. The number of carbonyl (C=O) groups is 3. The van der Waals surface area contributed by atoms with Gasteiger partial charge in [-0.1, -0.05) is 68.6 Å². The first kappa shape index (κ1) is 29.7. The summed E-state index contributed by atoms with van der Waals surface area (Å²) in [4.78, 5) is 41.5. The standard InChI is InChI=1S/C32H32Cl3NO5/c1-31(2)11-22-29(24(37)13-31)28(30-23(36(22)15-27(39)40)12-32(3,4)14-25(30)38)20-9-18(33)7-8-26(20)41-16-17-5-6-19(34)10-21(17)35/h5-10,28H,11-16H2,1-4H3,(H,39,40)/p-1. The Kier molecular flexibility index (Phi) is 7.82. The molecule has 0 aromatic heterocycles. The van der Waals surface area contributed by atoms with E-state index in [0.717, 1.165) is 0 Å². The molecule has 0 unspecified atom stereocenters. The quantitative estimate of drug-likeness (QED) is 0.361. The van der Waals surface area contributed by atoms with Gasteiger partial charge >= 0.3 is 0 Å². The Morgan fingerprint density at radius 3 is 1.95 bits per heavy atom. The SMILES string of the molecule is CC1(C)CC(=O)C2=C(C1)N(CC(=O)[O-])C1=C(C(=O)CC(C)(C)C1)C2c1cc(Cl)ccc1OCc1ccc(Cl)cc1Cl. The second-order valence-electron chi connectivity index (χ2n) is 12.7. The van der Waals surface area contributed by atoms with Gasteiger partial charge in [-0.15, -0.1) is 0 Å². The number of nitrogens with zero attached hydrogens (tertiary/aromatic N) is 1. The van der Waals surface area contributed by atoms with Crippen molar-refractivity contribution in [3.05, 3.63) is 85.1 Å². The largest absolute Gasteiger partial charge is 0.548 e. The van der Waals surface area contributed by atoms with Crippen molar-refractivity contribution in [2.24, 2.45) is 10.8 Å². The first-order valence-electron chi connectivity index (χ1n) is 13.5. The van der Waals surface area contributed by atoms with E-state index in [2.05, 4.69) is 0 Å². The number of halogens is 3. The maximum absolute atomic E-state index is 13.9. The van der Waals surface area contributed by atoms with Crippen LogP contribution in [0.2, 0.25) is 15.1 Å². The third kappa shape index (κ3) is 5.93. The molecular formula is C32H31Cl3NO5-. The molecule has 0 atom stereocenters. The van der Waals surface area contributed by atoms with Gasteiger partial charge in [0.1, 0.15) is 12.4 Å². The summed E-state index contributed by atoms with van der Waals surface area (Å²) in [6.07, 6.45) is 1.47. The van der Waals surface area contributed by atoms with Crippen molar-refractivity contribution in [3.8, 4) is 5.75 Å². The number of Topliss-reactive ketones (excluding diaryl/α,β-unsaturated/α-hetero) is 2. The summed E-state index contributed by atoms with van der Waals surface area (Å²) >= 11 is 19.0. The second kappa shape index (κ2) is 10.8. The zero-order chi connectivity index (χ0) is 29.9. The lowest BCUT2D eigenvalue weighted by Gasteiger charge is -2.49. The first-order valence-corrected chi connectivity index (χ1v) is 14.7. The van der Waals surface area contributed by atoms with Gasteiger partial charge in [-0.3, -0.25) is 9.59 Å². The molecule has 0 saturated heterocycles. The third-order valence-corrected chi connectivity index (χ3v) is 8.81. The van der Waals surface area contributed by atoms with Crippen LogP contribution in [-0.4, -0.2) is 29.0 Å². The fraction of sp³-hybridized carbons (Fsp3) is 0.406. The smallest absolute Gasteiger partial charge is 0.162 e. The fourth-order valence-electron chi connectivity index (χ4n) is 6.35. The summed E-state index contributed by atoms with van der Waals surface area (Å²) in [6.45, 7) is 7.64. The topological polar surface area (TPSA) is 86.7 Å². The Labute approximate surface area is 254 Å². The van der Waals surface area contributed by atoms with Gasteiger partial charge in [0.25, 0.3) is 0 Å². The van der Waals surface area contributed by atoms with E-state index in [1.54, 1.807) is 41.3 Å². The molecule has 2 aliphatic carbocycles. The number of ketones is 2. The van der Waals surface area contributed by atoms with Crippen LogP contribution < -0.4 is 9.84 Å². The van der Waals surface area contributed by atoms with Crippen LogP contribution in [0.1, 0.15) is 70.4 Å². The average molecular weight is 616 g/mol. The Morgan fingerprint density at radius 2 is 1.41 bits per heavy atom. The van der Waals surface area contributed by atoms with Crippen molar-refractivity contribution < 1.29 is 24.2 Å². The van der Waals surface area contributed by atoms with Crippen LogP contribution in [0.15, 0.2) is 58.9 Å². The minimum Gasteiger partial charge on any atom is -0.548 e. The molecule has 2 aromatic carbocycles. The Hall–Kier alpha value is -2.80. The molecule has 0 bridgehead atoms. The minimum atomic E-state index is -1.28. The summed E-state index contributed by atoms with van der Waals surface area (Å²) in [6, 6.07) is 10.3. The number of aliphatic carboxylic acids is 1. The predicted molar refractivity (Wildman–Crippen MR) is 157 cm³/mol. The number of ether oxygens (including phenoxy) is 1. The second-order valence-corrected chi connectivity index (χ2v) is 14.0. The summed E-state index contributed by atoms with van der Waals surface area (Å²) in [5.41, 5.74) is 2.60. The summed E-state index contributed by atoms with van der Waals surface area (Å²) in [7, 11) is 0. The maximum atomic E-state index is 13.9. The lowest BCUT2D eigenvalue weighted by Crippen LogP contribution is -2.47. The number of carbonyl (C=O) groups excluding carboxylic acids is 3. The van der Waals surface area contributed by atoms with Crippen LogP contribution in [0.4, 0.5) is 0 Å². The van der Waals surface area contributed by atoms with E-state index in [1.807, 2.05) is 27.7 Å². The van der Waals surface area contributed by atoms with E-state index in [-0.39, 0.29) is 31.0 Å². The summed E-state index contributed by atoms with van der Waals surface area (Å²) in [5.74, 6) is -1.83. The number of carboxylic acids is 1. The molecule has 2 aromatic rings. The summed E-state index contributed by atoms with van der Waals surface area (Å²) in [5, 5.41) is 13.4. The van der Waals surface area contributed by atoms with E-state index in [0.29, 0.717) is 67.3 Å². The van der Waals surface area contributed by atoms with Gasteiger partial charge in [0, 0.05) is 67.5 Å².